The molecule has 1 unspecified atom stereocenters. The van der Waals surface area contributed by atoms with E-state index in [1.54, 1.807) is 0 Å². The topological polar surface area (TPSA) is 3.24 Å². The Morgan fingerprint density at radius 3 is 2.68 bits per heavy atom. The molecule has 3 rings (SSSR count). The molecule has 2 aliphatic rings. The number of anilines is 1. The predicted octanol–water partition coefficient (Wildman–Crippen LogP) is 5.39. The lowest BCUT2D eigenvalue weighted by atomic mass is 9.95. The Morgan fingerprint density at radius 2 is 1.95 bits per heavy atom. The van der Waals surface area contributed by atoms with Crippen molar-refractivity contribution < 1.29 is 0 Å². The molecule has 1 atom stereocenters. The zero-order valence-electron chi connectivity index (χ0n) is 11.2. The Bertz CT molecular complexity index is 442. The van der Waals surface area contributed by atoms with Gasteiger partial charge in [-0.1, -0.05) is 46.4 Å². The van der Waals surface area contributed by atoms with Gasteiger partial charge in [0.15, 0.2) is 0 Å². The van der Waals surface area contributed by atoms with E-state index in [-0.39, 0.29) is 0 Å². The van der Waals surface area contributed by atoms with Crippen LogP contribution in [0.5, 0.6) is 0 Å². The molecule has 1 aliphatic heterocycles. The molecule has 1 aliphatic carbocycles. The quantitative estimate of drug-likeness (QED) is 0.665. The first-order chi connectivity index (χ1) is 9.31. The van der Waals surface area contributed by atoms with Gasteiger partial charge >= 0.3 is 0 Å². The van der Waals surface area contributed by atoms with Crippen molar-refractivity contribution in [3.63, 3.8) is 0 Å². The monoisotopic (exact) mass is 341 g/mol. The summed E-state index contributed by atoms with van der Waals surface area (Å²) < 4.78 is 0. The third kappa shape index (κ3) is 2.67. The summed E-state index contributed by atoms with van der Waals surface area (Å²) in [5.74, 6) is 0.907. The minimum Gasteiger partial charge on any atom is -0.368 e. The van der Waals surface area contributed by atoms with E-state index in [4.69, 9.17) is 11.6 Å². The van der Waals surface area contributed by atoms with Gasteiger partial charge in [-0.15, -0.1) is 0 Å². The van der Waals surface area contributed by atoms with Crippen LogP contribution in [-0.4, -0.2) is 12.6 Å². The fraction of sp³-hybridized carbons (Fsp3) is 0.625. The summed E-state index contributed by atoms with van der Waals surface area (Å²) >= 11 is 9.96. The molecule has 3 heteroatoms. The maximum atomic E-state index is 6.36. The summed E-state index contributed by atoms with van der Waals surface area (Å²) in [6.45, 7) is 1.20. The second-order valence-corrected chi connectivity index (χ2v) is 6.79. The Morgan fingerprint density at radius 1 is 1.16 bits per heavy atom. The van der Waals surface area contributed by atoms with Gasteiger partial charge in [0.1, 0.15) is 0 Å². The van der Waals surface area contributed by atoms with Gasteiger partial charge in [0.2, 0.25) is 0 Å². The minimum atomic E-state index is 0.749. The van der Waals surface area contributed by atoms with E-state index in [9.17, 15) is 0 Å². The summed E-state index contributed by atoms with van der Waals surface area (Å²) in [6, 6.07) is 7.09. The zero-order valence-corrected chi connectivity index (χ0v) is 13.6. The van der Waals surface area contributed by atoms with Crippen LogP contribution >= 0.6 is 27.5 Å². The summed E-state index contributed by atoms with van der Waals surface area (Å²) in [5, 5.41) is 1.74. The highest BCUT2D eigenvalue weighted by Crippen LogP contribution is 2.40. The molecule has 0 bridgehead atoms. The number of alkyl halides is 1. The van der Waals surface area contributed by atoms with Crippen LogP contribution in [0.15, 0.2) is 18.2 Å². The van der Waals surface area contributed by atoms with Crippen molar-refractivity contribution in [2.45, 2.75) is 49.9 Å². The second kappa shape index (κ2) is 6.05. The van der Waals surface area contributed by atoms with E-state index in [0.29, 0.717) is 0 Å². The standard InChI is InChI=1S/C16H21BrClN/c17-11-13-14(18)7-3-8-16(13)19-10-4-9-15(19)12-5-1-2-6-12/h3,7-8,12,15H,1-2,4-6,9-11H2. The number of rotatable bonds is 3. The molecule has 0 N–H and O–H groups in total. The van der Waals surface area contributed by atoms with Crippen LogP contribution in [0.1, 0.15) is 44.1 Å². The Balaban J connectivity index is 1.89. The molecule has 1 heterocycles. The van der Waals surface area contributed by atoms with Crippen molar-refractivity contribution in [1.29, 1.82) is 0 Å². The van der Waals surface area contributed by atoms with E-state index in [2.05, 4.69) is 33.0 Å². The Kier molecular flexibility index (Phi) is 4.38. The molecule has 0 aromatic heterocycles. The number of hydrogen-bond acceptors (Lipinski definition) is 1. The average molecular weight is 343 g/mol. The van der Waals surface area contributed by atoms with Gasteiger partial charge in [0.25, 0.3) is 0 Å². The van der Waals surface area contributed by atoms with Crippen molar-refractivity contribution in [2.75, 3.05) is 11.4 Å². The third-order valence-electron chi connectivity index (χ3n) is 4.78. The lowest BCUT2D eigenvalue weighted by Crippen LogP contribution is -2.35. The molecule has 1 aromatic rings. The SMILES string of the molecule is Clc1cccc(N2CCCC2C2CCCC2)c1CBr. The molecule has 19 heavy (non-hydrogen) atoms. The summed E-state index contributed by atoms with van der Waals surface area (Å²) in [7, 11) is 0. The highest BCUT2D eigenvalue weighted by Gasteiger charge is 2.34. The second-order valence-electron chi connectivity index (χ2n) is 5.82. The van der Waals surface area contributed by atoms with Crippen LogP contribution in [0.2, 0.25) is 5.02 Å². The summed E-state index contributed by atoms with van der Waals surface area (Å²) in [6.07, 6.45) is 8.39. The van der Waals surface area contributed by atoms with Gasteiger partial charge in [0, 0.05) is 34.2 Å². The van der Waals surface area contributed by atoms with Crippen LogP contribution in [0.4, 0.5) is 5.69 Å². The zero-order chi connectivity index (χ0) is 13.2. The normalized spacial score (nSPS) is 24.3. The first-order valence-corrected chi connectivity index (χ1v) is 8.91. The van der Waals surface area contributed by atoms with Crippen molar-refractivity contribution >= 4 is 33.2 Å². The molecule has 1 saturated heterocycles. The molecule has 1 aromatic carbocycles. The van der Waals surface area contributed by atoms with Gasteiger partial charge in [-0.05, 0) is 43.7 Å². The van der Waals surface area contributed by atoms with Crippen LogP contribution in [-0.2, 0) is 5.33 Å². The van der Waals surface area contributed by atoms with Crippen molar-refractivity contribution in [2.24, 2.45) is 5.92 Å². The molecule has 1 saturated carbocycles. The van der Waals surface area contributed by atoms with Crippen LogP contribution in [0, 0.1) is 5.92 Å². The number of benzene rings is 1. The minimum absolute atomic E-state index is 0.749. The Labute approximate surface area is 129 Å². The fourth-order valence-corrected chi connectivity index (χ4v) is 4.86. The highest BCUT2D eigenvalue weighted by atomic mass is 79.9. The first-order valence-electron chi connectivity index (χ1n) is 7.41. The first kappa shape index (κ1) is 13.8. The van der Waals surface area contributed by atoms with E-state index in [1.807, 2.05) is 6.07 Å². The molecule has 0 spiro atoms. The van der Waals surface area contributed by atoms with Gasteiger partial charge < -0.3 is 4.90 Å². The highest BCUT2D eigenvalue weighted by molar-refractivity contribution is 9.08. The van der Waals surface area contributed by atoms with Crippen LogP contribution in [0.3, 0.4) is 0 Å². The maximum Gasteiger partial charge on any atom is 0.0467 e. The van der Waals surface area contributed by atoms with Gasteiger partial charge in [-0.3, -0.25) is 0 Å². The largest absolute Gasteiger partial charge is 0.368 e. The average Bonchev–Trinajstić information content (AvgIpc) is 3.09. The summed E-state index contributed by atoms with van der Waals surface area (Å²) in [5.41, 5.74) is 2.62. The van der Waals surface area contributed by atoms with E-state index in [0.717, 1.165) is 22.3 Å². The maximum absolute atomic E-state index is 6.36. The molecule has 1 nitrogen and oxygen atoms in total. The fourth-order valence-electron chi connectivity index (χ4n) is 3.87. The molecule has 104 valence electrons. The number of nitrogens with zero attached hydrogens (tertiary/aromatic N) is 1. The lowest BCUT2D eigenvalue weighted by Gasteiger charge is -2.33. The van der Waals surface area contributed by atoms with E-state index in [1.165, 1.54) is 56.3 Å². The number of hydrogen-bond donors (Lipinski definition) is 0. The van der Waals surface area contributed by atoms with Gasteiger partial charge in [-0.2, -0.15) is 0 Å². The molecular weight excluding hydrogens is 322 g/mol. The smallest absolute Gasteiger partial charge is 0.0467 e. The van der Waals surface area contributed by atoms with Gasteiger partial charge in [0.05, 0.1) is 0 Å². The third-order valence-corrected chi connectivity index (χ3v) is 5.70. The van der Waals surface area contributed by atoms with Crippen molar-refractivity contribution in [1.82, 2.24) is 0 Å². The van der Waals surface area contributed by atoms with Crippen LogP contribution in [0.25, 0.3) is 0 Å². The van der Waals surface area contributed by atoms with Crippen LogP contribution < -0.4 is 4.90 Å². The summed E-state index contributed by atoms with van der Waals surface area (Å²) in [4.78, 5) is 2.64. The Hall–Kier alpha value is -0.210. The molecule has 2 fully saturated rings. The van der Waals surface area contributed by atoms with Gasteiger partial charge in [-0.25, -0.2) is 0 Å². The predicted molar refractivity (Wildman–Crippen MR) is 86.4 cm³/mol. The van der Waals surface area contributed by atoms with Crippen molar-refractivity contribution in [3.05, 3.63) is 28.8 Å². The molecule has 0 radical (unpaired) electrons. The van der Waals surface area contributed by atoms with E-state index < -0.39 is 0 Å². The molecule has 0 amide bonds. The number of halogens is 2. The van der Waals surface area contributed by atoms with Crippen molar-refractivity contribution in [3.8, 4) is 0 Å². The lowest BCUT2D eigenvalue weighted by molar-refractivity contribution is 0.430. The molecular formula is C16H21BrClN. The van der Waals surface area contributed by atoms with E-state index >= 15 is 0 Å².